The van der Waals surface area contributed by atoms with Gasteiger partial charge in [-0.15, -0.1) is 0 Å². The number of nitrogens with one attached hydrogen (secondary N) is 2. The van der Waals surface area contributed by atoms with Crippen molar-refractivity contribution in [3.8, 4) is 5.88 Å². The van der Waals surface area contributed by atoms with Crippen molar-refractivity contribution < 1.29 is 14.3 Å². The highest BCUT2D eigenvalue weighted by Gasteiger charge is 2.34. The van der Waals surface area contributed by atoms with Gasteiger partial charge in [0, 0.05) is 49.6 Å². The predicted octanol–water partition coefficient (Wildman–Crippen LogP) is 4.53. The Balaban J connectivity index is 1.32. The molecule has 0 atom stereocenters. The third-order valence-electron chi connectivity index (χ3n) is 7.00. The first-order chi connectivity index (χ1) is 20.9. The molecule has 2 aromatic carbocycles. The van der Waals surface area contributed by atoms with E-state index in [1.807, 2.05) is 55.4 Å². The summed E-state index contributed by atoms with van der Waals surface area (Å²) in [7, 11) is 3.87. The summed E-state index contributed by atoms with van der Waals surface area (Å²) in [5.41, 5.74) is 3.58. The molecule has 0 saturated carbocycles. The van der Waals surface area contributed by atoms with Gasteiger partial charge in [0.15, 0.2) is 5.82 Å². The smallest absolute Gasteiger partial charge is 0.330 e. The van der Waals surface area contributed by atoms with Gasteiger partial charge in [-0.1, -0.05) is 42.5 Å². The van der Waals surface area contributed by atoms with Gasteiger partial charge < -0.3 is 25.2 Å². The van der Waals surface area contributed by atoms with Crippen LogP contribution in [0.5, 0.6) is 5.88 Å². The first-order valence-electron chi connectivity index (χ1n) is 14.1. The second-order valence-corrected chi connectivity index (χ2v) is 10.6. The quantitative estimate of drug-likeness (QED) is 0.278. The number of anilines is 5. The molecule has 0 spiro atoms. The Labute approximate surface area is 249 Å². The van der Waals surface area contributed by atoms with Crippen LogP contribution in [0.2, 0.25) is 0 Å². The van der Waals surface area contributed by atoms with Gasteiger partial charge in [0.2, 0.25) is 17.7 Å². The molecule has 2 aliphatic heterocycles. The van der Waals surface area contributed by atoms with Gasteiger partial charge >= 0.3 is 6.03 Å². The van der Waals surface area contributed by atoms with Crippen molar-refractivity contribution >= 4 is 40.8 Å². The summed E-state index contributed by atoms with van der Waals surface area (Å²) in [6.45, 7) is 2.80. The number of nitrogens with zero attached hydrogens (tertiary/aromatic N) is 7. The minimum Gasteiger partial charge on any atom is -0.476 e. The number of carbonyl (C=O) groups is 2. The molecular formula is C31H33N9O3. The van der Waals surface area contributed by atoms with Crippen LogP contribution in [0.1, 0.15) is 17.5 Å². The van der Waals surface area contributed by atoms with Crippen LogP contribution < -0.4 is 20.3 Å². The number of rotatable bonds is 9. The third-order valence-corrected chi connectivity index (χ3v) is 7.00. The van der Waals surface area contributed by atoms with Gasteiger partial charge in [0.1, 0.15) is 5.69 Å². The van der Waals surface area contributed by atoms with Crippen LogP contribution in [0.4, 0.5) is 33.6 Å². The van der Waals surface area contributed by atoms with Crippen LogP contribution in [0.15, 0.2) is 79.1 Å². The first kappa shape index (κ1) is 27.9. The predicted molar refractivity (Wildman–Crippen MR) is 164 cm³/mol. The molecule has 0 fully saturated rings. The van der Waals surface area contributed by atoms with Gasteiger partial charge in [-0.3, -0.25) is 4.79 Å². The van der Waals surface area contributed by atoms with E-state index in [4.69, 9.17) is 9.72 Å². The van der Waals surface area contributed by atoms with Gasteiger partial charge in [-0.05, 0) is 37.9 Å². The van der Waals surface area contributed by atoms with Crippen molar-refractivity contribution in [3.63, 3.8) is 0 Å². The fourth-order valence-electron chi connectivity index (χ4n) is 4.98. The molecular weight excluding hydrogens is 546 g/mol. The van der Waals surface area contributed by atoms with E-state index in [-0.39, 0.29) is 11.9 Å². The Morgan fingerprint density at radius 3 is 2.81 bits per heavy atom. The van der Waals surface area contributed by atoms with E-state index in [0.29, 0.717) is 60.9 Å². The van der Waals surface area contributed by atoms with E-state index in [1.54, 1.807) is 51.2 Å². The van der Waals surface area contributed by atoms with Crippen molar-refractivity contribution in [1.29, 1.82) is 0 Å². The number of carbonyl (C=O) groups excluding carboxylic acids is 2. The van der Waals surface area contributed by atoms with Crippen molar-refractivity contribution in [2.45, 2.75) is 26.1 Å². The summed E-state index contributed by atoms with van der Waals surface area (Å²) in [4.78, 5) is 41.3. The zero-order chi connectivity index (χ0) is 29.8. The summed E-state index contributed by atoms with van der Waals surface area (Å²) in [5.74, 6) is 1.16. The first-order valence-corrected chi connectivity index (χ1v) is 14.1. The van der Waals surface area contributed by atoms with Crippen LogP contribution in [-0.4, -0.2) is 68.7 Å². The Kier molecular flexibility index (Phi) is 8.01. The number of hydrogen-bond donors (Lipinski definition) is 2. The van der Waals surface area contributed by atoms with E-state index in [2.05, 4.69) is 20.7 Å². The van der Waals surface area contributed by atoms with Crippen molar-refractivity contribution in [2.24, 2.45) is 0 Å². The molecule has 0 radical (unpaired) electrons. The SMILES string of the molecule is CN(C)C/C=C/C(=O)Nc1cccc(N2C(=O)N(Cc3ccccc3)Cc3cnc(Nc4cnn5c4OCCC5)nc32)c1. The second kappa shape index (κ2) is 12.3. The largest absolute Gasteiger partial charge is 0.476 e. The summed E-state index contributed by atoms with van der Waals surface area (Å²) in [6, 6.07) is 16.8. The van der Waals surface area contributed by atoms with Gasteiger partial charge in [0.05, 0.1) is 25.0 Å². The standard InChI is InChI=1S/C31H33N9O3/c1-37(2)14-7-13-27(41)34-24-11-6-12-25(17-24)40-28-23(21-38(31(40)42)20-22-9-4-3-5-10-22)18-32-30(36-28)35-26-19-33-39-15-8-16-43-29(26)39/h3-7,9-13,17-19H,8,14-16,20-21H2,1-2H3,(H,34,41)(H,32,35,36)/b13-7+. The fraction of sp³-hybridized carbons (Fsp3) is 0.258. The third kappa shape index (κ3) is 6.33. The van der Waals surface area contributed by atoms with E-state index >= 15 is 0 Å². The van der Waals surface area contributed by atoms with E-state index in [1.165, 1.54) is 6.08 Å². The number of aryl methyl sites for hydroxylation is 1. The minimum absolute atomic E-state index is 0.235. The maximum absolute atomic E-state index is 14.1. The summed E-state index contributed by atoms with van der Waals surface area (Å²) in [6.07, 6.45) is 7.61. The molecule has 2 aliphatic rings. The molecule has 0 saturated heterocycles. The highest BCUT2D eigenvalue weighted by Crippen LogP contribution is 2.36. The number of ether oxygens (including phenoxy) is 1. The van der Waals surface area contributed by atoms with Crippen LogP contribution in [0.3, 0.4) is 0 Å². The summed E-state index contributed by atoms with van der Waals surface area (Å²) >= 11 is 0. The maximum Gasteiger partial charge on any atom is 0.330 e. The van der Waals surface area contributed by atoms with Gasteiger partial charge in [-0.2, -0.15) is 10.1 Å². The number of amides is 3. The number of aromatic nitrogens is 4. The maximum atomic E-state index is 14.1. The molecule has 4 heterocycles. The number of hydrogen-bond acceptors (Lipinski definition) is 8. The molecule has 12 nitrogen and oxygen atoms in total. The van der Waals surface area contributed by atoms with Crippen molar-refractivity contribution in [2.75, 3.05) is 42.8 Å². The Hall–Kier alpha value is -5.23. The second-order valence-electron chi connectivity index (χ2n) is 10.6. The Bertz CT molecular complexity index is 1650. The average Bonchev–Trinajstić information content (AvgIpc) is 3.41. The topological polar surface area (TPSA) is 121 Å². The van der Waals surface area contributed by atoms with Crippen molar-refractivity contribution in [3.05, 3.63) is 90.3 Å². The van der Waals surface area contributed by atoms with Crippen molar-refractivity contribution in [1.82, 2.24) is 29.5 Å². The van der Waals surface area contributed by atoms with E-state index in [0.717, 1.165) is 24.1 Å². The van der Waals surface area contributed by atoms with Gasteiger partial charge in [-0.25, -0.2) is 19.4 Å². The zero-order valence-corrected chi connectivity index (χ0v) is 24.1. The van der Waals surface area contributed by atoms with Crippen LogP contribution in [-0.2, 0) is 24.4 Å². The normalized spacial score (nSPS) is 14.4. The molecule has 6 rings (SSSR count). The molecule has 220 valence electrons. The highest BCUT2D eigenvalue weighted by atomic mass is 16.5. The molecule has 0 aliphatic carbocycles. The molecule has 2 aromatic heterocycles. The Morgan fingerprint density at radius 2 is 1.98 bits per heavy atom. The number of likely N-dealkylation sites (N-methyl/N-ethyl adjacent to an activating group) is 1. The van der Waals surface area contributed by atoms with Crippen LogP contribution in [0.25, 0.3) is 0 Å². The molecule has 2 N–H and O–H groups in total. The lowest BCUT2D eigenvalue weighted by atomic mass is 10.1. The lowest BCUT2D eigenvalue weighted by Crippen LogP contribution is -2.45. The molecule has 3 amide bonds. The molecule has 43 heavy (non-hydrogen) atoms. The van der Waals surface area contributed by atoms with Crippen LogP contribution in [0, 0.1) is 0 Å². The molecule has 0 bridgehead atoms. The highest BCUT2D eigenvalue weighted by molar-refractivity contribution is 6.03. The summed E-state index contributed by atoms with van der Waals surface area (Å²) in [5, 5.41) is 10.5. The number of fused-ring (bicyclic) bond motifs is 2. The number of benzene rings is 2. The minimum atomic E-state index is -0.254. The molecule has 0 unspecified atom stereocenters. The van der Waals surface area contributed by atoms with E-state index < -0.39 is 0 Å². The monoisotopic (exact) mass is 579 g/mol. The average molecular weight is 580 g/mol. The van der Waals surface area contributed by atoms with Crippen LogP contribution >= 0.6 is 0 Å². The lowest BCUT2D eigenvalue weighted by Gasteiger charge is -2.36. The lowest BCUT2D eigenvalue weighted by molar-refractivity contribution is -0.111. The fourth-order valence-corrected chi connectivity index (χ4v) is 4.98. The van der Waals surface area contributed by atoms with E-state index in [9.17, 15) is 9.59 Å². The zero-order valence-electron chi connectivity index (χ0n) is 24.1. The molecule has 12 heteroatoms. The Morgan fingerprint density at radius 1 is 1.12 bits per heavy atom. The van der Waals surface area contributed by atoms with Gasteiger partial charge in [0.25, 0.3) is 0 Å². The summed E-state index contributed by atoms with van der Waals surface area (Å²) < 4.78 is 7.61. The molecule has 4 aromatic rings. The number of urea groups is 1.